The van der Waals surface area contributed by atoms with Gasteiger partial charge in [-0.05, 0) is 38.3 Å². The normalized spacial score (nSPS) is 11.8. The molecule has 0 aliphatic carbocycles. The number of carbonyl (C=O) groups is 4. The van der Waals surface area contributed by atoms with Gasteiger partial charge in [0, 0.05) is 59.0 Å². The van der Waals surface area contributed by atoms with Gasteiger partial charge in [0.2, 0.25) is 17.7 Å². The molecule has 13 heteroatoms. The van der Waals surface area contributed by atoms with E-state index in [0.29, 0.717) is 104 Å². The van der Waals surface area contributed by atoms with E-state index < -0.39 is 6.04 Å². The summed E-state index contributed by atoms with van der Waals surface area (Å²) < 4.78 is 10.6. The van der Waals surface area contributed by atoms with E-state index in [1.165, 1.54) is 6.92 Å². The highest BCUT2D eigenvalue weighted by molar-refractivity contribution is 5.79. The predicted molar refractivity (Wildman–Crippen MR) is 142 cm³/mol. The molecule has 0 aromatic carbocycles. The summed E-state index contributed by atoms with van der Waals surface area (Å²) in [7, 11) is 0. The van der Waals surface area contributed by atoms with E-state index in [2.05, 4.69) is 26.6 Å². The topological polar surface area (TPSA) is 199 Å². The molecule has 0 radical (unpaired) electrons. The van der Waals surface area contributed by atoms with Gasteiger partial charge in [0.1, 0.15) is 6.29 Å². The Morgan fingerprint density at radius 3 is 2.05 bits per heavy atom. The molecule has 0 aromatic rings. The Morgan fingerprint density at radius 1 is 0.811 bits per heavy atom. The lowest BCUT2D eigenvalue weighted by atomic mass is 10.0. The van der Waals surface area contributed by atoms with Crippen LogP contribution in [0.2, 0.25) is 0 Å². The number of ether oxygens (including phenoxy) is 2. The fourth-order valence-corrected chi connectivity index (χ4v) is 3.33. The molecule has 1 atom stereocenters. The van der Waals surface area contributed by atoms with Crippen molar-refractivity contribution in [2.24, 2.45) is 17.4 Å². The molecule has 0 unspecified atom stereocenters. The fraction of sp³-hybridized carbons (Fsp3) is 0.833. The Morgan fingerprint density at radius 2 is 1.46 bits per heavy atom. The first kappa shape index (κ1) is 34.8. The maximum atomic E-state index is 12.4. The van der Waals surface area contributed by atoms with Crippen molar-refractivity contribution in [1.82, 2.24) is 26.6 Å². The molecular formula is C24H49N7O6. The number of nitrogens with one attached hydrogen (secondary N) is 5. The summed E-state index contributed by atoms with van der Waals surface area (Å²) in [6.45, 7) is 7.56. The lowest BCUT2D eigenvalue weighted by molar-refractivity contribution is -0.125. The summed E-state index contributed by atoms with van der Waals surface area (Å²) in [4.78, 5) is 46.4. The van der Waals surface area contributed by atoms with Crippen molar-refractivity contribution >= 4 is 24.0 Å². The Kier molecular flexibility index (Phi) is 24.0. The number of hydrogen-bond acceptors (Lipinski definition) is 10. The molecule has 3 amide bonds. The summed E-state index contributed by atoms with van der Waals surface area (Å²) in [6.07, 6.45) is 3.20. The number of nitrogens with two attached hydrogens (primary N) is 2. The third-order valence-electron chi connectivity index (χ3n) is 5.22. The van der Waals surface area contributed by atoms with Crippen molar-refractivity contribution in [3.63, 3.8) is 0 Å². The van der Waals surface area contributed by atoms with E-state index >= 15 is 0 Å². The molecule has 0 fully saturated rings. The van der Waals surface area contributed by atoms with Gasteiger partial charge in [-0.25, -0.2) is 0 Å². The van der Waals surface area contributed by atoms with Gasteiger partial charge in [0.25, 0.3) is 0 Å². The Labute approximate surface area is 220 Å². The molecule has 0 spiro atoms. The monoisotopic (exact) mass is 531 g/mol. The van der Waals surface area contributed by atoms with Gasteiger partial charge in [0.15, 0.2) is 0 Å². The van der Waals surface area contributed by atoms with Crippen molar-refractivity contribution < 1.29 is 28.7 Å². The number of unbranched alkanes of at least 4 members (excludes halogenated alkanes) is 1. The minimum Gasteiger partial charge on any atom is -0.379 e. The summed E-state index contributed by atoms with van der Waals surface area (Å²) in [5.41, 5.74) is 11.0. The molecule has 37 heavy (non-hydrogen) atoms. The van der Waals surface area contributed by atoms with Crippen LogP contribution in [-0.4, -0.2) is 109 Å². The molecule has 216 valence electrons. The Hall–Kier alpha value is -2.16. The Balaban J connectivity index is 3.91. The highest BCUT2D eigenvalue weighted by atomic mass is 16.5. The van der Waals surface area contributed by atoms with Gasteiger partial charge in [-0.3, -0.25) is 14.4 Å². The predicted octanol–water partition coefficient (Wildman–Crippen LogP) is -2.38. The minimum atomic E-state index is -0.549. The van der Waals surface area contributed by atoms with Crippen molar-refractivity contribution in [2.45, 2.75) is 45.1 Å². The highest BCUT2D eigenvalue weighted by Crippen LogP contribution is 2.04. The molecule has 0 saturated carbocycles. The van der Waals surface area contributed by atoms with E-state index in [1.54, 1.807) is 0 Å². The first-order chi connectivity index (χ1) is 17.9. The zero-order valence-corrected chi connectivity index (χ0v) is 22.4. The second-order valence-corrected chi connectivity index (χ2v) is 8.67. The van der Waals surface area contributed by atoms with Crippen molar-refractivity contribution in [2.75, 3.05) is 78.8 Å². The van der Waals surface area contributed by atoms with Crippen LogP contribution in [0.1, 0.15) is 39.0 Å². The van der Waals surface area contributed by atoms with Crippen LogP contribution in [0.5, 0.6) is 0 Å². The maximum absolute atomic E-state index is 12.4. The average Bonchev–Trinajstić information content (AvgIpc) is 2.86. The van der Waals surface area contributed by atoms with Gasteiger partial charge in [0.05, 0.1) is 32.5 Å². The molecule has 0 aliphatic heterocycles. The van der Waals surface area contributed by atoms with Gasteiger partial charge >= 0.3 is 0 Å². The molecule has 0 heterocycles. The largest absolute Gasteiger partial charge is 0.379 e. The summed E-state index contributed by atoms with van der Waals surface area (Å²) in [5.74, 6) is -0.311. The molecule has 13 nitrogen and oxygen atoms in total. The van der Waals surface area contributed by atoms with Crippen molar-refractivity contribution in [1.29, 1.82) is 0 Å². The van der Waals surface area contributed by atoms with Crippen LogP contribution in [-0.2, 0) is 28.7 Å². The zero-order chi connectivity index (χ0) is 27.6. The minimum absolute atomic E-state index is 0.0622. The van der Waals surface area contributed by atoms with Gasteiger partial charge in [-0.2, -0.15) is 0 Å². The van der Waals surface area contributed by atoms with Crippen LogP contribution in [0.25, 0.3) is 0 Å². The maximum Gasteiger partial charge on any atom is 0.222 e. The van der Waals surface area contributed by atoms with Crippen LogP contribution < -0.4 is 38.1 Å². The quantitative estimate of drug-likeness (QED) is 0.0467. The second-order valence-electron chi connectivity index (χ2n) is 8.67. The summed E-state index contributed by atoms with van der Waals surface area (Å²) in [5, 5.41) is 14.7. The number of hydrogen-bond donors (Lipinski definition) is 7. The molecule has 0 rings (SSSR count). The third-order valence-corrected chi connectivity index (χ3v) is 5.22. The van der Waals surface area contributed by atoms with E-state index in [0.717, 1.165) is 6.29 Å². The summed E-state index contributed by atoms with van der Waals surface area (Å²) in [6, 6.07) is -0.549. The molecule has 0 aromatic heterocycles. The van der Waals surface area contributed by atoms with E-state index in [4.69, 9.17) is 20.9 Å². The number of amides is 3. The third kappa shape index (κ3) is 24.0. The number of aldehydes is 1. The van der Waals surface area contributed by atoms with E-state index in [1.807, 2.05) is 0 Å². The standard InChI is InChI=1S/C24H49N7O6/c1-20(33)29-11-13-37-15-14-36-12-5-23(34)30-8-3-2-4-22(19-32)31-24(35)16-21(17-27-9-6-25)18-28-10-7-26/h19,21-22,27-28H,2-18,25-26H2,1H3,(H,29,33)(H,30,34)(H,31,35)/t22-/m0/s1. The average molecular weight is 532 g/mol. The van der Waals surface area contributed by atoms with Crippen LogP contribution in [0.4, 0.5) is 0 Å². The first-order valence-electron chi connectivity index (χ1n) is 13.2. The molecular weight excluding hydrogens is 482 g/mol. The summed E-state index contributed by atoms with van der Waals surface area (Å²) >= 11 is 0. The lowest BCUT2D eigenvalue weighted by Gasteiger charge is -2.19. The smallest absolute Gasteiger partial charge is 0.222 e. The second kappa shape index (κ2) is 25.5. The van der Waals surface area contributed by atoms with Crippen molar-refractivity contribution in [3.8, 4) is 0 Å². The van der Waals surface area contributed by atoms with E-state index in [-0.39, 0.29) is 30.1 Å². The van der Waals surface area contributed by atoms with Crippen LogP contribution in [0, 0.1) is 5.92 Å². The van der Waals surface area contributed by atoms with Gasteiger partial charge in [-0.15, -0.1) is 0 Å². The SMILES string of the molecule is CC(=O)NCCOCCOCCC(=O)NCCCC[C@@H](C=O)NC(=O)CC(CNCCN)CNCCN. The van der Waals surface area contributed by atoms with Crippen LogP contribution >= 0.6 is 0 Å². The highest BCUT2D eigenvalue weighted by Gasteiger charge is 2.17. The van der Waals surface area contributed by atoms with Crippen molar-refractivity contribution in [3.05, 3.63) is 0 Å². The number of rotatable bonds is 26. The molecule has 0 aliphatic rings. The first-order valence-corrected chi connectivity index (χ1v) is 13.2. The van der Waals surface area contributed by atoms with Gasteiger partial charge in [-0.1, -0.05) is 0 Å². The van der Waals surface area contributed by atoms with E-state index in [9.17, 15) is 19.2 Å². The molecule has 9 N–H and O–H groups in total. The van der Waals surface area contributed by atoms with Crippen LogP contribution in [0.3, 0.4) is 0 Å². The Bertz CT molecular complexity index is 602. The van der Waals surface area contributed by atoms with Crippen LogP contribution in [0.15, 0.2) is 0 Å². The zero-order valence-electron chi connectivity index (χ0n) is 22.4. The van der Waals surface area contributed by atoms with Gasteiger partial charge < -0.3 is 52.3 Å². The number of carbonyl (C=O) groups excluding carboxylic acids is 4. The fourth-order valence-electron chi connectivity index (χ4n) is 3.33. The molecule has 0 bridgehead atoms. The molecule has 0 saturated heterocycles. The lowest BCUT2D eigenvalue weighted by Crippen LogP contribution is -2.41.